The Kier molecular flexibility index (Phi) is 11.0. The molecule has 0 heterocycles. The molecule has 0 fully saturated rings. The van der Waals surface area contributed by atoms with Crippen LogP contribution in [0.25, 0.3) is 0 Å². The van der Waals surface area contributed by atoms with Crippen molar-refractivity contribution in [2.45, 2.75) is 54.1 Å². The van der Waals surface area contributed by atoms with Gasteiger partial charge in [-0.2, -0.15) is 0 Å². The Morgan fingerprint density at radius 1 is 0.581 bits per heavy atom. The van der Waals surface area contributed by atoms with E-state index in [1.54, 1.807) is 0 Å². The van der Waals surface area contributed by atoms with Crippen LogP contribution in [0.1, 0.15) is 14.9 Å². The average Bonchev–Trinajstić information content (AvgIpc) is 2.67. The minimum absolute atomic E-state index is 0. The lowest BCUT2D eigenvalue weighted by atomic mass is 10.4. The van der Waals surface area contributed by atoms with E-state index < -0.39 is 33.8 Å². The summed E-state index contributed by atoms with van der Waals surface area (Å²) in [4.78, 5) is 0. The van der Waals surface area contributed by atoms with Crippen LogP contribution in [-0.4, -0.2) is 33.8 Å². The Morgan fingerprint density at radius 2 is 0.935 bits per heavy atom. The molecule has 0 atom stereocenters. The Balaban J connectivity index is 0.00000450. The minimum atomic E-state index is -3.04. The highest BCUT2D eigenvalue weighted by Gasteiger charge is 2.51. The second kappa shape index (κ2) is 11.5. The van der Waals surface area contributed by atoms with Gasteiger partial charge in [-0.3, -0.25) is 0 Å². The first kappa shape index (κ1) is 29.7. The fraction of sp³-hybridized carbons (Fsp3) is 0.333. The Hall–Kier alpha value is -1.33. The standard InChI is InChI=1S/C22H34O3Si4.2CH4/c1-9-26(3,4)23-28(7,8)25-29(24-27(5,6)10-2,21-17-13-11-14-18-21)22-19-15-12-16-20-22;;/h9-20H,1-2H2,3-8H3;2*1H4. The molecule has 2 rings (SSSR count). The molecule has 0 aliphatic carbocycles. The fourth-order valence-electron chi connectivity index (χ4n) is 3.19. The summed E-state index contributed by atoms with van der Waals surface area (Å²) in [7, 11) is -9.80. The Morgan fingerprint density at radius 3 is 1.29 bits per heavy atom. The average molecular weight is 491 g/mol. The molecule has 0 aliphatic rings. The van der Waals surface area contributed by atoms with Crippen molar-refractivity contribution >= 4 is 44.1 Å². The Bertz CT molecular complexity index is 782. The van der Waals surface area contributed by atoms with Crippen LogP contribution in [0.2, 0.25) is 39.3 Å². The molecule has 3 nitrogen and oxygen atoms in total. The van der Waals surface area contributed by atoms with E-state index in [2.05, 4.69) is 76.7 Å². The summed E-state index contributed by atoms with van der Waals surface area (Å²) in [6, 6.07) is 20.7. The van der Waals surface area contributed by atoms with E-state index >= 15 is 0 Å². The quantitative estimate of drug-likeness (QED) is 0.375. The van der Waals surface area contributed by atoms with E-state index in [0.29, 0.717) is 0 Å². The molecule has 0 unspecified atom stereocenters. The van der Waals surface area contributed by atoms with Crippen LogP contribution in [-0.2, 0) is 12.3 Å². The molecule has 0 amide bonds. The molecule has 0 radical (unpaired) electrons. The van der Waals surface area contributed by atoms with Crippen molar-refractivity contribution in [1.29, 1.82) is 0 Å². The molecular weight excluding hydrogens is 449 g/mol. The molecule has 0 saturated carbocycles. The third-order valence-corrected chi connectivity index (χ3v) is 19.2. The van der Waals surface area contributed by atoms with Crippen LogP contribution < -0.4 is 10.4 Å². The van der Waals surface area contributed by atoms with Crippen molar-refractivity contribution < 1.29 is 12.3 Å². The van der Waals surface area contributed by atoms with Crippen LogP contribution in [0.5, 0.6) is 0 Å². The van der Waals surface area contributed by atoms with Gasteiger partial charge >= 0.3 is 17.1 Å². The highest BCUT2D eigenvalue weighted by molar-refractivity contribution is 7.03. The van der Waals surface area contributed by atoms with Crippen LogP contribution in [0.3, 0.4) is 0 Å². The largest absolute Gasteiger partial charge is 0.433 e. The van der Waals surface area contributed by atoms with E-state index in [4.69, 9.17) is 12.3 Å². The molecule has 0 bridgehead atoms. The molecule has 7 heteroatoms. The van der Waals surface area contributed by atoms with Gasteiger partial charge in [0.05, 0.1) is 0 Å². The van der Waals surface area contributed by atoms with Gasteiger partial charge < -0.3 is 12.3 Å². The van der Waals surface area contributed by atoms with Gasteiger partial charge in [-0.05, 0) is 49.7 Å². The SMILES string of the molecule is C.C.C=C[Si](C)(C)O[Si](C)(C)O[Si](O[Si](C)(C)C=C)(c1ccccc1)c1ccccc1. The Labute approximate surface area is 195 Å². The van der Waals surface area contributed by atoms with Crippen LogP contribution in [0.15, 0.2) is 85.2 Å². The molecule has 0 aromatic heterocycles. The van der Waals surface area contributed by atoms with Crippen molar-refractivity contribution in [1.82, 2.24) is 0 Å². The van der Waals surface area contributed by atoms with Gasteiger partial charge in [-0.1, -0.05) is 86.9 Å². The first-order valence-corrected chi connectivity index (χ1v) is 20.5. The maximum atomic E-state index is 7.08. The molecular formula is C24H42O3Si4. The third-order valence-electron chi connectivity index (χ3n) is 4.60. The van der Waals surface area contributed by atoms with Crippen molar-refractivity contribution in [2.75, 3.05) is 0 Å². The van der Waals surface area contributed by atoms with Gasteiger partial charge in [0, 0.05) is 0 Å². The monoisotopic (exact) mass is 490 g/mol. The van der Waals surface area contributed by atoms with Gasteiger partial charge in [0.2, 0.25) is 8.32 Å². The van der Waals surface area contributed by atoms with Crippen molar-refractivity contribution in [3.8, 4) is 0 Å². The summed E-state index contributed by atoms with van der Waals surface area (Å²) in [6.07, 6.45) is 0. The van der Waals surface area contributed by atoms with Crippen LogP contribution in [0, 0.1) is 0 Å². The van der Waals surface area contributed by atoms with Gasteiger partial charge in [-0.25, -0.2) is 0 Å². The van der Waals surface area contributed by atoms with E-state index in [1.807, 2.05) is 47.8 Å². The molecule has 172 valence electrons. The lowest BCUT2D eigenvalue weighted by Crippen LogP contribution is -2.71. The van der Waals surface area contributed by atoms with Crippen molar-refractivity contribution in [3.05, 3.63) is 85.2 Å². The molecule has 2 aromatic carbocycles. The van der Waals surface area contributed by atoms with Crippen molar-refractivity contribution in [2.24, 2.45) is 0 Å². The summed E-state index contributed by atoms with van der Waals surface area (Å²) in [5.41, 5.74) is 3.94. The van der Waals surface area contributed by atoms with E-state index in [-0.39, 0.29) is 14.9 Å². The second-order valence-corrected chi connectivity index (χ2v) is 23.5. The van der Waals surface area contributed by atoms with Gasteiger partial charge in [0.1, 0.15) is 0 Å². The molecule has 0 saturated heterocycles. The molecule has 0 aliphatic heterocycles. The first-order valence-electron chi connectivity index (χ1n) is 9.94. The maximum absolute atomic E-state index is 7.08. The maximum Gasteiger partial charge on any atom is 0.388 e. The number of benzene rings is 2. The summed E-state index contributed by atoms with van der Waals surface area (Å²) >= 11 is 0. The van der Waals surface area contributed by atoms with Gasteiger partial charge in [-0.15, -0.1) is 13.2 Å². The summed E-state index contributed by atoms with van der Waals surface area (Å²) in [5, 5.41) is 2.19. The predicted molar refractivity (Wildman–Crippen MR) is 147 cm³/mol. The van der Waals surface area contributed by atoms with E-state index in [9.17, 15) is 0 Å². The van der Waals surface area contributed by atoms with E-state index in [0.717, 1.165) is 10.4 Å². The predicted octanol–water partition coefficient (Wildman–Crippen LogP) is 6.13. The summed E-state index contributed by atoms with van der Waals surface area (Å²) in [5.74, 6) is 0. The zero-order valence-electron chi connectivity index (χ0n) is 18.6. The number of hydrogen-bond donors (Lipinski definition) is 0. The zero-order chi connectivity index (χ0) is 21.8. The van der Waals surface area contributed by atoms with Crippen molar-refractivity contribution in [3.63, 3.8) is 0 Å². The van der Waals surface area contributed by atoms with Gasteiger partial charge in [0.25, 0.3) is 0 Å². The highest BCUT2D eigenvalue weighted by atomic mass is 28.5. The molecule has 0 N–H and O–H groups in total. The lowest BCUT2D eigenvalue weighted by molar-refractivity contribution is 0.345. The molecule has 0 spiro atoms. The molecule has 2 aromatic rings. The molecule has 31 heavy (non-hydrogen) atoms. The van der Waals surface area contributed by atoms with Gasteiger partial charge in [0.15, 0.2) is 8.32 Å². The lowest BCUT2D eigenvalue weighted by Gasteiger charge is -2.43. The highest BCUT2D eigenvalue weighted by Crippen LogP contribution is 2.25. The smallest absolute Gasteiger partial charge is 0.388 e. The number of rotatable bonds is 10. The van der Waals surface area contributed by atoms with Crippen LogP contribution >= 0.6 is 0 Å². The normalized spacial score (nSPS) is 12.3. The third kappa shape index (κ3) is 7.94. The topological polar surface area (TPSA) is 27.7 Å². The fourth-order valence-corrected chi connectivity index (χ4v) is 19.2. The summed E-state index contributed by atoms with van der Waals surface area (Å²) in [6.45, 7) is 20.9. The van der Waals surface area contributed by atoms with E-state index in [1.165, 1.54) is 0 Å². The zero-order valence-corrected chi connectivity index (χ0v) is 22.6. The second-order valence-electron chi connectivity index (χ2n) is 8.67. The minimum Gasteiger partial charge on any atom is -0.433 e. The van der Waals surface area contributed by atoms with Crippen LogP contribution in [0.4, 0.5) is 0 Å². The number of hydrogen-bond acceptors (Lipinski definition) is 3. The first-order chi connectivity index (χ1) is 13.5. The summed E-state index contributed by atoms with van der Waals surface area (Å²) < 4.78 is 20.7.